The molecule has 78 valence electrons. The number of aryl methyl sites for hydroxylation is 1. The summed E-state index contributed by atoms with van der Waals surface area (Å²) in [5.74, 6) is 0.723. The monoisotopic (exact) mass is 192 g/mol. The van der Waals surface area contributed by atoms with Gasteiger partial charge in [0, 0.05) is 24.9 Å². The van der Waals surface area contributed by atoms with Crippen LogP contribution in [0.4, 0.5) is 0 Å². The molecule has 0 bridgehead atoms. The lowest BCUT2D eigenvalue weighted by molar-refractivity contribution is 0.552. The molecule has 2 heteroatoms. The van der Waals surface area contributed by atoms with Crippen LogP contribution in [0.15, 0.2) is 18.3 Å². The van der Waals surface area contributed by atoms with Crippen LogP contribution in [0.3, 0.4) is 0 Å². The molecule has 0 aromatic carbocycles. The predicted octanol–water partition coefficient (Wildman–Crippen LogP) is 2.18. The van der Waals surface area contributed by atoms with Crippen LogP contribution < -0.4 is 5.32 Å². The Balaban J connectivity index is 2.21. The van der Waals surface area contributed by atoms with Crippen molar-refractivity contribution < 1.29 is 0 Å². The zero-order valence-corrected chi connectivity index (χ0v) is 9.38. The van der Waals surface area contributed by atoms with Crippen molar-refractivity contribution in [3.05, 3.63) is 29.6 Å². The third-order valence-electron chi connectivity index (χ3n) is 2.08. The highest BCUT2D eigenvalue weighted by Gasteiger charge is 1.95. The average Bonchev–Trinajstić information content (AvgIpc) is 2.15. The first-order chi connectivity index (χ1) is 6.68. The summed E-state index contributed by atoms with van der Waals surface area (Å²) in [6, 6.07) is 4.22. The van der Waals surface area contributed by atoms with E-state index >= 15 is 0 Å². The molecule has 0 radical (unpaired) electrons. The molecule has 0 aliphatic heterocycles. The van der Waals surface area contributed by atoms with Crippen molar-refractivity contribution in [3.63, 3.8) is 0 Å². The van der Waals surface area contributed by atoms with E-state index in [1.165, 1.54) is 11.3 Å². The summed E-state index contributed by atoms with van der Waals surface area (Å²) in [6.45, 7) is 8.61. The summed E-state index contributed by atoms with van der Waals surface area (Å²) >= 11 is 0. The van der Waals surface area contributed by atoms with Gasteiger partial charge in [-0.25, -0.2) is 0 Å². The number of pyridine rings is 1. The molecule has 14 heavy (non-hydrogen) atoms. The van der Waals surface area contributed by atoms with E-state index in [0.717, 1.165) is 25.4 Å². The van der Waals surface area contributed by atoms with Gasteiger partial charge in [-0.15, -0.1) is 0 Å². The molecule has 0 atom stereocenters. The van der Waals surface area contributed by atoms with Crippen molar-refractivity contribution in [2.45, 2.75) is 27.2 Å². The van der Waals surface area contributed by atoms with E-state index in [-0.39, 0.29) is 0 Å². The summed E-state index contributed by atoms with van der Waals surface area (Å²) in [5, 5.41) is 3.41. The van der Waals surface area contributed by atoms with Crippen molar-refractivity contribution in [1.82, 2.24) is 10.3 Å². The lowest BCUT2D eigenvalue weighted by atomic mass is 10.2. The van der Waals surface area contributed by atoms with Gasteiger partial charge in [-0.05, 0) is 31.0 Å². The Labute approximate surface area is 86.8 Å². The normalized spacial score (nSPS) is 10.9. The zero-order chi connectivity index (χ0) is 10.4. The maximum absolute atomic E-state index is 4.35. The van der Waals surface area contributed by atoms with Crippen LogP contribution in [0, 0.1) is 12.8 Å². The molecular weight excluding hydrogens is 172 g/mol. The van der Waals surface area contributed by atoms with Gasteiger partial charge in [-0.3, -0.25) is 4.98 Å². The number of hydrogen-bond acceptors (Lipinski definition) is 2. The average molecular weight is 192 g/mol. The lowest BCUT2D eigenvalue weighted by Gasteiger charge is -2.06. The third-order valence-corrected chi connectivity index (χ3v) is 2.08. The summed E-state index contributed by atoms with van der Waals surface area (Å²) < 4.78 is 0. The highest BCUT2D eigenvalue weighted by atomic mass is 14.9. The number of hydrogen-bond donors (Lipinski definition) is 1. The number of aromatic nitrogens is 1. The summed E-state index contributed by atoms with van der Waals surface area (Å²) in [4.78, 5) is 4.35. The Bertz CT molecular complexity index is 252. The Morgan fingerprint density at radius 1 is 1.36 bits per heavy atom. The Morgan fingerprint density at radius 2 is 2.14 bits per heavy atom. The molecule has 1 aromatic heterocycles. The van der Waals surface area contributed by atoms with Gasteiger partial charge in [0.15, 0.2) is 0 Å². The Morgan fingerprint density at radius 3 is 2.71 bits per heavy atom. The zero-order valence-electron chi connectivity index (χ0n) is 9.38. The summed E-state index contributed by atoms with van der Waals surface area (Å²) in [5.41, 5.74) is 2.40. The van der Waals surface area contributed by atoms with Gasteiger partial charge < -0.3 is 5.32 Å². The van der Waals surface area contributed by atoms with E-state index in [1.807, 2.05) is 6.20 Å². The molecule has 0 saturated heterocycles. The van der Waals surface area contributed by atoms with Crippen LogP contribution in [0.5, 0.6) is 0 Å². The maximum Gasteiger partial charge on any atom is 0.0416 e. The second-order valence-corrected chi connectivity index (χ2v) is 4.17. The molecule has 0 spiro atoms. The van der Waals surface area contributed by atoms with E-state index in [9.17, 15) is 0 Å². The van der Waals surface area contributed by atoms with Crippen LogP contribution in [0.1, 0.15) is 25.1 Å². The molecule has 0 amide bonds. The number of rotatable bonds is 5. The summed E-state index contributed by atoms with van der Waals surface area (Å²) in [7, 11) is 0. The van der Waals surface area contributed by atoms with Gasteiger partial charge in [0.25, 0.3) is 0 Å². The molecule has 0 saturated carbocycles. The van der Waals surface area contributed by atoms with Crippen LogP contribution in [0.2, 0.25) is 0 Å². The molecule has 0 fully saturated rings. The molecule has 1 aromatic rings. The quantitative estimate of drug-likeness (QED) is 0.723. The summed E-state index contributed by atoms with van der Waals surface area (Å²) in [6.07, 6.45) is 2.95. The standard InChI is InChI=1S/C12H20N2/c1-10(2)8-13-7-6-12-5-4-11(3)9-14-12/h4-5,9-10,13H,6-8H2,1-3H3. The molecule has 2 nitrogen and oxygen atoms in total. The first-order valence-electron chi connectivity index (χ1n) is 5.30. The van der Waals surface area contributed by atoms with Gasteiger partial charge in [0.1, 0.15) is 0 Å². The van der Waals surface area contributed by atoms with Crippen molar-refractivity contribution in [1.29, 1.82) is 0 Å². The van der Waals surface area contributed by atoms with E-state index in [0.29, 0.717) is 0 Å². The first-order valence-corrected chi connectivity index (χ1v) is 5.30. The maximum atomic E-state index is 4.35. The second kappa shape index (κ2) is 5.76. The van der Waals surface area contributed by atoms with Crippen molar-refractivity contribution in [2.24, 2.45) is 5.92 Å². The van der Waals surface area contributed by atoms with Gasteiger partial charge in [-0.1, -0.05) is 19.9 Å². The van der Waals surface area contributed by atoms with E-state index in [4.69, 9.17) is 0 Å². The molecule has 1 N–H and O–H groups in total. The predicted molar refractivity (Wildman–Crippen MR) is 60.4 cm³/mol. The third kappa shape index (κ3) is 4.38. The van der Waals surface area contributed by atoms with Crippen LogP contribution in [-0.2, 0) is 6.42 Å². The highest BCUT2D eigenvalue weighted by Crippen LogP contribution is 1.98. The number of nitrogens with zero attached hydrogens (tertiary/aromatic N) is 1. The minimum Gasteiger partial charge on any atom is -0.316 e. The fraction of sp³-hybridized carbons (Fsp3) is 0.583. The van der Waals surface area contributed by atoms with Crippen molar-refractivity contribution in [3.8, 4) is 0 Å². The Hall–Kier alpha value is -0.890. The Kier molecular flexibility index (Phi) is 4.60. The lowest BCUT2D eigenvalue weighted by Crippen LogP contribution is -2.22. The molecular formula is C12H20N2. The second-order valence-electron chi connectivity index (χ2n) is 4.17. The fourth-order valence-corrected chi connectivity index (χ4v) is 1.25. The molecule has 0 aliphatic rings. The topological polar surface area (TPSA) is 24.9 Å². The van der Waals surface area contributed by atoms with Gasteiger partial charge >= 0.3 is 0 Å². The van der Waals surface area contributed by atoms with E-state index in [1.54, 1.807) is 0 Å². The minimum atomic E-state index is 0.723. The molecule has 1 heterocycles. The van der Waals surface area contributed by atoms with Crippen LogP contribution >= 0.6 is 0 Å². The van der Waals surface area contributed by atoms with E-state index in [2.05, 4.69) is 43.2 Å². The van der Waals surface area contributed by atoms with Crippen LogP contribution in [0.25, 0.3) is 0 Å². The van der Waals surface area contributed by atoms with E-state index < -0.39 is 0 Å². The van der Waals surface area contributed by atoms with Crippen LogP contribution in [-0.4, -0.2) is 18.1 Å². The molecule has 0 aliphatic carbocycles. The van der Waals surface area contributed by atoms with Gasteiger partial charge in [0.05, 0.1) is 0 Å². The smallest absolute Gasteiger partial charge is 0.0416 e. The molecule has 1 rings (SSSR count). The highest BCUT2D eigenvalue weighted by molar-refractivity contribution is 5.12. The van der Waals surface area contributed by atoms with Crippen molar-refractivity contribution >= 4 is 0 Å². The van der Waals surface area contributed by atoms with Gasteiger partial charge in [-0.2, -0.15) is 0 Å². The van der Waals surface area contributed by atoms with Gasteiger partial charge in [0.2, 0.25) is 0 Å². The number of nitrogens with one attached hydrogen (secondary N) is 1. The SMILES string of the molecule is Cc1ccc(CCNCC(C)C)nc1. The fourth-order valence-electron chi connectivity index (χ4n) is 1.25. The first kappa shape index (κ1) is 11.2. The molecule has 0 unspecified atom stereocenters. The van der Waals surface area contributed by atoms with Crippen molar-refractivity contribution in [2.75, 3.05) is 13.1 Å². The minimum absolute atomic E-state index is 0.723. The largest absolute Gasteiger partial charge is 0.316 e.